The highest BCUT2D eigenvalue weighted by Crippen LogP contribution is 2.24. The summed E-state index contributed by atoms with van der Waals surface area (Å²) < 4.78 is 0. The number of aryl methyl sites for hydroxylation is 1. The fourth-order valence-electron chi connectivity index (χ4n) is 1.35. The topological polar surface area (TPSA) is 62.3 Å². The van der Waals surface area contributed by atoms with Crippen molar-refractivity contribution in [3.63, 3.8) is 0 Å². The smallest absolute Gasteiger partial charge is 0.178 e. The second-order valence-electron chi connectivity index (χ2n) is 2.75. The van der Waals surface area contributed by atoms with Gasteiger partial charge in [0.15, 0.2) is 11.6 Å². The SMILES string of the molecule is CC(=O)c1c(C)[nH]c(N=O)c1C. The summed E-state index contributed by atoms with van der Waals surface area (Å²) in [4.78, 5) is 24.0. The molecule has 0 fully saturated rings. The van der Waals surface area contributed by atoms with E-state index in [0.717, 1.165) is 0 Å². The molecule has 1 rings (SSSR count). The van der Waals surface area contributed by atoms with Gasteiger partial charge in [-0.1, -0.05) is 0 Å². The van der Waals surface area contributed by atoms with E-state index < -0.39 is 0 Å². The Kier molecular flexibility index (Phi) is 2.08. The van der Waals surface area contributed by atoms with E-state index in [2.05, 4.69) is 10.2 Å². The van der Waals surface area contributed by atoms with Crippen LogP contribution in [0.4, 0.5) is 5.82 Å². The Labute approximate surface area is 70.0 Å². The molecule has 1 aromatic rings. The summed E-state index contributed by atoms with van der Waals surface area (Å²) in [5, 5.41) is 2.78. The third kappa shape index (κ3) is 1.15. The average Bonchev–Trinajstić information content (AvgIpc) is 2.25. The fraction of sp³-hybridized carbons (Fsp3) is 0.375. The molecule has 0 unspecified atom stereocenters. The van der Waals surface area contributed by atoms with Gasteiger partial charge in [0.05, 0.1) is 0 Å². The quantitative estimate of drug-likeness (QED) is 0.540. The van der Waals surface area contributed by atoms with Crippen molar-refractivity contribution in [2.75, 3.05) is 0 Å². The van der Waals surface area contributed by atoms with E-state index in [1.54, 1.807) is 13.8 Å². The van der Waals surface area contributed by atoms with E-state index in [4.69, 9.17) is 0 Å². The number of aromatic nitrogens is 1. The zero-order valence-corrected chi connectivity index (χ0v) is 7.26. The van der Waals surface area contributed by atoms with Crippen LogP contribution in [0.15, 0.2) is 5.18 Å². The first-order valence-electron chi connectivity index (χ1n) is 3.61. The van der Waals surface area contributed by atoms with Crippen LogP contribution in [-0.4, -0.2) is 10.8 Å². The van der Waals surface area contributed by atoms with E-state index in [-0.39, 0.29) is 11.6 Å². The molecule has 64 valence electrons. The monoisotopic (exact) mass is 166 g/mol. The van der Waals surface area contributed by atoms with Crippen molar-refractivity contribution in [2.45, 2.75) is 20.8 Å². The number of aromatic amines is 1. The standard InChI is InChI=1S/C8H10N2O2/c1-4-7(6(3)11)5(2)9-8(4)10-12/h9H,1-3H3. The first-order valence-corrected chi connectivity index (χ1v) is 3.61. The molecule has 1 aromatic heterocycles. The van der Waals surface area contributed by atoms with Crippen LogP contribution in [0.1, 0.15) is 28.5 Å². The number of ketones is 1. The summed E-state index contributed by atoms with van der Waals surface area (Å²) in [6, 6.07) is 0. The maximum atomic E-state index is 11.1. The Bertz CT molecular complexity index is 339. The maximum absolute atomic E-state index is 11.1. The Morgan fingerprint density at radius 2 is 2.00 bits per heavy atom. The van der Waals surface area contributed by atoms with Crippen molar-refractivity contribution in [3.05, 3.63) is 21.7 Å². The van der Waals surface area contributed by atoms with E-state index in [1.165, 1.54) is 6.92 Å². The number of nitrogens with zero attached hydrogens (tertiary/aromatic N) is 1. The number of Topliss-reactive ketones (excluding diaryl/α,β-unsaturated/α-hetero) is 1. The third-order valence-corrected chi connectivity index (χ3v) is 1.85. The highest BCUT2D eigenvalue weighted by Gasteiger charge is 2.14. The van der Waals surface area contributed by atoms with Crippen LogP contribution in [0.3, 0.4) is 0 Å². The number of carbonyl (C=O) groups excluding carboxylic acids is 1. The third-order valence-electron chi connectivity index (χ3n) is 1.85. The van der Waals surface area contributed by atoms with Gasteiger partial charge >= 0.3 is 0 Å². The van der Waals surface area contributed by atoms with Crippen LogP contribution >= 0.6 is 0 Å². The number of nitroso groups, excluding NO2 is 1. The summed E-state index contributed by atoms with van der Waals surface area (Å²) in [5.41, 5.74) is 1.91. The summed E-state index contributed by atoms with van der Waals surface area (Å²) in [7, 11) is 0. The van der Waals surface area contributed by atoms with Crippen molar-refractivity contribution in [1.82, 2.24) is 4.98 Å². The van der Waals surface area contributed by atoms with Crippen molar-refractivity contribution in [2.24, 2.45) is 5.18 Å². The molecule has 4 nitrogen and oxygen atoms in total. The van der Waals surface area contributed by atoms with Gasteiger partial charge in [-0.05, 0) is 25.9 Å². The first kappa shape index (κ1) is 8.64. The molecule has 0 radical (unpaired) electrons. The number of H-pyrrole nitrogens is 1. The molecule has 0 aliphatic carbocycles. The average molecular weight is 166 g/mol. The highest BCUT2D eigenvalue weighted by atomic mass is 16.3. The number of nitrogens with one attached hydrogen (secondary N) is 1. The summed E-state index contributed by atoms with van der Waals surface area (Å²) >= 11 is 0. The van der Waals surface area contributed by atoms with Gasteiger partial charge in [0.1, 0.15) is 0 Å². The lowest BCUT2D eigenvalue weighted by Gasteiger charge is -1.93. The molecule has 12 heavy (non-hydrogen) atoms. The Balaban J connectivity index is 3.37. The molecule has 1 N–H and O–H groups in total. The maximum Gasteiger partial charge on any atom is 0.178 e. The van der Waals surface area contributed by atoms with Crippen LogP contribution in [0, 0.1) is 18.8 Å². The zero-order valence-electron chi connectivity index (χ0n) is 7.26. The molecule has 0 saturated carbocycles. The minimum atomic E-state index is -0.0452. The largest absolute Gasteiger partial charge is 0.340 e. The van der Waals surface area contributed by atoms with Crippen molar-refractivity contribution in [3.8, 4) is 0 Å². The lowest BCUT2D eigenvalue weighted by atomic mass is 10.1. The number of rotatable bonds is 2. The van der Waals surface area contributed by atoms with E-state index in [0.29, 0.717) is 16.8 Å². The molecule has 1 heterocycles. The predicted molar refractivity (Wildman–Crippen MR) is 45.7 cm³/mol. The van der Waals surface area contributed by atoms with Crippen molar-refractivity contribution in [1.29, 1.82) is 0 Å². The van der Waals surface area contributed by atoms with Gasteiger partial charge in [0.2, 0.25) is 0 Å². The first-order chi connectivity index (χ1) is 5.57. The fourth-order valence-corrected chi connectivity index (χ4v) is 1.35. The van der Waals surface area contributed by atoms with Crippen molar-refractivity contribution >= 4 is 11.6 Å². The van der Waals surface area contributed by atoms with Crippen LogP contribution < -0.4 is 0 Å². The molecular formula is C8H10N2O2. The van der Waals surface area contributed by atoms with Crippen LogP contribution in [0.2, 0.25) is 0 Å². The Morgan fingerprint density at radius 1 is 1.42 bits per heavy atom. The summed E-state index contributed by atoms with van der Waals surface area (Å²) in [6.07, 6.45) is 0. The molecule has 0 aromatic carbocycles. The summed E-state index contributed by atoms with van der Waals surface area (Å²) in [5.74, 6) is 0.203. The molecule has 0 saturated heterocycles. The minimum Gasteiger partial charge on any atom is -0.340 e. The molecule has 0 atom stereocenters. The van der Waals surface area contributed by atoms with Crippen LogP contribution in [0.25, 0.3) is 0 Å². The molecule has 4 heteroatoms. The zero-order chi connectivity index (χ0) is 9.30. The van der Waals surface area contributed by atoms with E-state index in [9.17, 15) is 9.70 Å². The second-order valence-corrected chi connectivity index (χ2v) is 2.75. The lowest BCUT2D eigenvalue weighted by Crippen LogP contribution is -1.94. The predicted octanol–water partition coefficient (Wildman–Crippen LogP) is 2.23. The van der Waals surface area contributed by atoms with E-state index >= 15 is 0 Å². The molecule has 0 aliphatic heterocycles. The summed E-state index contributed by atoms with van der Waals surface area (Å²) in [6.45, 7) is 4.92. The van der Waals surface area contributed by atoms with Gasteiger partial charge < -0.3 is 4.98 Å². The molecule has 0 amide bonds. The van der Waals surface area contributed by atoms with Crippen molar-refractivity contribution < 1.29 is 4.79 Å². The van der Waals surface area contributed by atoms with Gasteiger partial charge in [0.25, 0.3) is 0 Å². The van der Waals surface area contributed by atoms with Crippen LogP contribution in [0.5, 0.6) is 0 Å². The molecule has 0 spiro atoms. The Morgan fingerprint density at radius 3 is 2.25 bits per heavy atom. The number of carbonyl (C=O) groups is 1. The second kappa shape index (κ2) is 2.89. The van der Waals surface area contributed by atoms with Gasteiger partial charge in [-0.2, -0.15) is 0 Å². The number of hydrogen-bond acceptors (Lipinski definition) is 3. The lowest BCUT2D eigenvalue weighted by molar-refractivity contribution is 0.101. The van der Waals surface area contributed by atoms with Gasteiger partial charge in [-0.3, -0.25) is 4.79 Å². The van der Waals surface area contributed by atoms with Gasteiger partial charge in [-0.25, -0.2) is 0 Å². The molecular weight excluding hydrogens is 156 g/mol. The molecule has 0 aliphatic rings. The minimum absolute atomic E-state index is 0.0452. The normalized spacial score (nSPS) is 9.92. The highest BCUT2D eigenvalue weighted by molar-refractivity contribution is 5.98. The number of hydrogen-bond donors (Lipinski definition) is 1. The molecule has 0 bridgehead atoms. The van der Waals surface area contributed by atoms with Crippen LogP contribution in [-0.2, 0) is 0 Å². The van der Waals surface area contributed by atoms with Gasteiger partial charge in [0, 0.05) is 16.8 Å². The Hall–Kier alpha value is -1.45. The van der Waals surface area contributed by atoms with E-state index in [1.807, 2.05) is 0 Å². The van der Waals surface area contributed by atoms with Gasteiger partial charge in [-0.15, -0.1) is 4.91 Å².